The summed E-state index contributed by atoms with van der Waals surface area (Å²) in [7, 11) is 0. The maximum atomic E-state index is 12.2. The Kier molecular flexibility index (Phi) is 28.6. The van der Waals surface area contributed by atoms with Gasteiger partial charge in [-0.15, -0.1) is 34.0 Å². The molecule has 19 nitrogen and oxygen atoms in total. The Labute approximate surface area is 480 Å². The molecule has 3 aliphatic heterocycles. The molecule has 6 atom stereocenters. The highest BCUT2D eigenvalue weighted by atomic mass is 32.1. The van der Waals surface area contributed by atoms with Gasteiger partial charge in [0, 0.05) is 85.0 Å². The number of aliphatic hydroxyl groups excluding tert-OH is 3. The normalized spacial score (nSPS) is 19.4. The van der Waals surface area contributed by atoms with Crippen molar-refractivity contribution in [2.45, 2.75) is 121 Å². The maximum Gasteiger partial charge on any atom is 0.262 e. The average molecular weight is 1150 g/mol. The minimum atomic E-state index is -0.515. The Hall–Kier alpha value is -6.30. The number of nitrogens with zero attached hydrogens (tertiary/aromatic N) is 8. The lowest BCUT2D eigenvalue weighted by atomic mass is 10.1. The van der Waals surface area contributed by atoms with E-state index in [2.05, 4.69) is 47.6 Å². The topological polar surface area (TPSA) is 278 Å². The number of nitrogens with one attached hydrogen (secondary N) is 1. The molecule has 0 amide bonds. The molecular weight excluding hydrogens is 1080 g/mol. The summed E-state index contributed by atoms with van der Waals surface area (Å²) in [6, 6.07) is 20.9. The summed E-state index contributed by atoms with van der Waals surface area (Å²) < 4.78 is 15.7. The van der Waals surface area contributed by atoms with Gasteiger partial charge in [-0.3, -0.25) is 24.2 Å². The molecule has 0 bridgehead atoms. The largest absolute Gasteiger partial charge is 0.390 e. The number of carbonyl (C=O) groups excluding carboxylic acids is 4. The number of nitriles is 2. The molecule has 0 aromatic carbocycles. The smallest absolute Gasteiger partial charge is 0.262 e. The summed E-state index contributed by atoms with van der Waals surface area (Å²) in [6.45, 7) is 12.1. The molecule has 23 heteroatoms. The van der Waals surface area contributed by atoms with Crippen LogP contribution in [0, 0.1) is 41.1 Å². The van der Waals surface area contributed by atoms with E-state index in [0.29, 0.717) is 99.3 Å². The van der Waals surface area contributed by atoms with Gasteiger partial charge in [-0.25, -0.2) is 6.57 Å². The molecule has 9 rings (SSSR count). The first kappa shape index (κ1) is 64.5. The van der Waals surface area contributed by atoms with Gasteiger partial charge in [0.25, 0.3) is 6.04 Å². The number of unbranched alkanes of at least 4 members (excludes halogenated alkanes) is 9. The molecule has 80 heavy (non-hydrogen) atoms. The molecule has 4 N–H and O–H groups in total. The Morgan fingerprint density at radius 1 is 0.613 bits per heavy atom. The number of Topliss-reactive ketones (excluding diaryl/α,β-unsaturated/α-hetero) is 3. The second kappa shape index (κ2) is 35.4. The van der Waals surface area contributed by atoms with Crippen LogP contribution in [-0.4, -0.2) is 149 Å². The van der Waals surface area contributed by atoms with Crippen molar-refractivity contribution in [1.82, 2.24) is 30.6 Å². The van der Waals surface area contributed by atoms with Crippen molar-refractivity contribution in [2.24, 2.45) is 11.8 Å². The summed E-state index contributed by atoms with van der Waals surface area (Å²) >= 11 is 4.66. The molecule has 0 saturated carbocycles. The standard InChI is InChI=1S/2C19H23N3O3S.C14H15NO3S.C5H8N2O.B/c2*20-11-14-12-22(13-17(14)24)8-4-2-1-3-6-16(23)15-10-18(25-21-15)19-7-5-9-26-19;16-8-4-2-1-3-6-12(17)11-10-13(18-15-11)14-7-5-9-19-14;1-6-4-2-7-3-5(4)8;/h2*5,7,9-10,14,17,24H,1-4,6,8,12-13H2;5,7-10H,1-4,6H2;4-5,7-8H,2-3H2;/t14-,17+;14-,17-;;;/m11.../s1. The number of rotatable bonds is 26. The first-order chi connectivity index (χ1) is 38.5. The van der Waals surface area contributed by atoms with Crippen molar-refractivity contribution in [3.8, 4) is 44.1 Å². The Morgan fingerprint density at radius 2 is 1.00 bits per heavy atom. The molecule has 3 fully saturated rings. The van der Waals surface area contributed by atoms with E-state index in [0.717, 1.165) is 105 Å². The molecule has 6 aromatic rings. The molecule has 423 valence electrons. The number of aliphatic hydroxyl groups is 3. The fraction of sp³-hybridized carbons (Fsp3) is 0.509. The van der Waals surface area contributed by atoms with Crippen molar-refractivity contribution in [3.63, 3.8) is 0 Å². The number of ketones is 3. The highest BCUT2D eigenvalue weighted by molar-refractivity contribution is 7.14. The summed E-state index contributed by atoms with van der Waals surface area (Å²) in [5.74, 6) is 1.46. The van der Waals surface area contributed by atoms with Crippen LogP contribution in [0.1, 0.15) is 128 Å². The molecule has 3 radical (unpaired) electrons. The van der Waals surface area contributed by atoms with Crippen LogP contribution in [0.15, 0.2) is 84.3 Å². The minimum Gasteiger partial charge on any atom is -0.390 e. The van der Waals surface area contributed by atoms with E-state index < -0.39 is 18.3 Å². The van der Waals surface area contributed by atoms with Crippen LogP contribution in [0.5, 0.6) is 0 Å². The second-order valence-corrected chi connectivity index (χ2v) is 22.4. The second-order valence-electron chi connectivity index (χ2n) is 19.6. The number of aromatic nitrogens is 3. The van der Waals surface area contributed by atoms with Crippen LogP contribution in [-0.2, 0) is 4.79 Å². The Balaban J connectivity index is 0.000000207. The van der Waals surface area contributed by atoms with Gasteiger partial charge < -0.3 is 43.8 Å². The van der Waals surface area contributed by atoms with Gasteiger partial charge >= 0.3 is 0 Å². The van der Waals surface area contributed by atoms with Gasteiger partial charge in [0.1, 0.15) is 29.5 Å². The Morgan fingerprint density at radius 3 is 1.30 bits per heavy atom. The number of likely N-dealkylation sites (tertiary alicyclic amines) is 2. The van der Waals surface area contributed by atoms with Gasteiger partial charge in [0.05, 0.1) is 57.4 Å². The summed E-state index contributed by atoms with van der Waals surface area (Å²) in [4.78, 5) is 56.8. The molecule has 9 heterocycles. The lowest BCUT2D eigenvalue weighted by molar-refractivity contribution is -0.107. The number of carbonyl (C=O) groups is 4. The van der Waals surface area contributed by atoms with Crippen LogP contribution < -0.4 is 5.32 Å². The van der Waals surface area contributed by atoms with Crippen LogP contribution in [0.2, 0.25) is 0 Å². The first-order valence-electron chi connectivity index (χ1n) is 26.9. The molecule has 0 aliphatic carbocycles. The van der Waals surface area contributed by atoms with E-state index in [1.165, 1.54) is 0 Å². The zero-order valence-corrected chi connectivity index (χ0v) is 47.3. The van der Waals surface area contributed by atoms with Crippen molar-refractivity contribution in [3.05, 3.63) is 99.2 Å². The lowest BCUT2D eigenvalue weighted by Gasteiger charge is -2.13. The van der Waals surface area contributed by atoms with E-state index in [1.54, 1.807) is 52.2 Å². The molecular formula is C57H69BN9O10S3. The van der Waals surface area contributed by atoms with Gasteiger partial charge in [-0.05, 0) is 86.0 Å². The molecule has 3 saturated heterocycles. The van der Waals surface area contributed by atoms with Crippen LogP contribution >= 0.6 is 34.0 Å². The predicted molar refractivity (Wildman–Crippen MR) is 306 cm³/mol. The van der Waals surface area contributed by atoms with Crippen molar-refractivity contribution >= 4 is 66.1 Å². The number of β-amino-alcohol motifs (C(OH)–C–C–N with tert-alkyl or cyclic N) is 3. The van der Waals surface area contributed by atoms with Crippen LogP contribution in [0.25, 0.3) is 36.8 Å². The molecule has 6 aromatic heterocycles. The van der Waals surface area contributed by atoms with Crippen molar-refractivity contribution in [2.75, 3.05) is 52.4 Å². The molecule has 0 spiro atoms. The van der Waals surface area contributed by atoms with E-state index >= 15 is 0 Å². The first-order valence-corrected chi connectivity index (χ1v) is 29.5. The SMILES string of the molecule is N#C[C@@H]1CN(CCCCCCC(=O)c2cc(-c3cccs3)on2)C[C@@H]1O.N#C[C@@H]1CN(CCCCCCC(=O)c2cc(-c3cccs3)on2)C[C@H]1O.O=CCCCCCC(=O)c1cc(-c2cccs2)on1.[B].[C-]#[N+]C1CNCC1O. The average Bonchev–Trinajstić information content (AvgIpc) is 4.30. The monoisotopic (exact) mass is 1150 g/mol. The van der Waals surface area contributed by atoms with Crippen molar-refractivity contribution < 1.29 is 48.1 Å². The number of hydrogen-bond acceptors (Lipinski definition) is 21. The number of aldehydes is 1. The van der Waals surface area contributed by atoms with Crippen molar-refractivity contribution in [1.29, 1.82) is 10.5 Å². The predicted octanol–water partition coefficient (Wildman–Crippen LogP) is 9.30. The highest BCUT2D eigenvalue weighted by Gasteiger charge is 2.32. The van der Waals surface area contributed by atoms with E-state index in [1.807, 2.05) is 52.5 Å². The Bertz CT molecular complexity index is 2740. The summed E-state index contributed by atoms with van der Waals surface area (Å²) in [5.41, 5.74) is 1.20. The van der Waals surface area contributed by atoms with E-state index in [4.69, 9.17) is 35.8 Å². The highest BCUT2D eigenvalue weighted by Crippen LogP contribution is 2.29. The fourth-order valence-corrected chi connectivity index (χ4v) is 11.0. The third-order valence-corrected chi connectivity index (χ3v) is 16.2. The minimum absolute atomic E-state index is 0. The molecule has 3 aliphatic rings. The summed E-state index contributed by atoms with van der Waals surface area (Å²) in [6.07, 6.45) is 11.7. The van der Waals surface area contributed by atoms with Crippen LogP contribution in [0.3, 0.4) is 0 Å². The summed E-state index contributed by atoms with van der Waals surface area (Å²) in [5, 5.41) is 66.6. The van der Waals surface area contributed by atoms with E-state index in [-0.39, 0.29) is 43.6 Å². The van der Waals surface area contributed by atoms with Gasteiger partial charge in [0.15, 0.2) is 34.6 Å². The number of hydrogen-bond donors (Lipinski definition) is 4. The zero-order valence-electron chi connectivity index (χ0n) is 44.8. The zero-order chi connectivity index (χ0) is 56.2. The maximum absolute atomic E-state index is 12.2. The molecule has 2 unspecified atom stereocenters. The van der Waals surface area contributed by atoms with E-state index in [9.17, 15) is 29.4 Å². The van der Waals surface area contributed by atoms with Gasteiger partial charge in [0.2, 0.25) is 0 Å². The fourth-order valence-electron chi connectivity index (χ4n) is 8.98. The quantitative estimate of drug-likeness (QED) is 0.0129. The lowest BCUT2D eigenvalue weighted by Crippen LogP contribution is -2.23. The van der Waals surface area contributed by atoms with Gasteiger partial charge in [-0.2, -0.15) is 10.5 Å². The third kappa shape index (κ3) is 21.0. The van der Waals surface area contributed by atoms with Gasteiger partial charge in [-0.1, -0.05) is 65.8 Å². The third-order valence-electron chi connectivity index (χ3n) is 13.5. The van der Waals surface area contributed by atoms with Crippen LogP contribution in [0.4, 0.5) is 0 Å². The number of thiophene rings is 3.